The van der Waals surface area contributed by atoms with E-state index in [0.29, 0.717) is 6.07 Å². The minimum Gasteiger partial charge on any atom is -0.466 e. The van der Waals surface area contributed by atoms with Crippen molar-refractivity contribution in [1.29, 1.82) is 0 Å². The van der Waals surface area contributed by atoms with Gasteiger partial charge in [-0.15, -0.1) is 0 Å². The highest BCUT2D eigenvalue weighted by Gasteiger charge is 2.31. The van der Waals surface area contributed by atoms with Gasteiger partial charge in [-0.1, -0.05) is 11.6 Å². The molecule has 0 aromatic heterocycles. The minimum absolute atomic E-state index is 0.0441. The van der Waals surface area contributed by atoms with Crippen LogP contribution in [0.4, 0.5) is 18.9 Å². The van der Waals surface area contributed by atoms with E-state index in [9.17, 15) is 32.9 Å². The molecule has 0 fully saturated rings. The van der Waals surface area contributed by atoms with Gasteiger partial charge in [-0.05, 0) is 30.7 Å². The highest BCUT2D eigenvalue weighted by Crippen LogP contribution is 2.37. The van der Waals surface area contributed by atoms with Crippen molar-refractivity contribution in [1.82, 2.24) is 5.32 Å². The Hall–Kier alpha value is -3.34. The Morgan fingerprint density at radius 3 is 2.48 bits per heavy atom. The van der Waals surface area contributed by atoms with Gasteiger partial charge in [0, 0.05) is 25.6 Å². The first kappa shape index (κ1) is 23.9. The van der Waals surface area contributed by atoms with Crippen molar-refractivity contribution in [2.45, 2.75) is 19.5 Å². The molecule has 0 saturated heterocycles. The van der Waals surface area contributed by atoms with E-state index in [0.717, 1.165) is 24.3 Å². The Kier molecular flexibility index (Phi) is 7.81. The predicted octanol–water partition coefficient (Wildman–Crippen LogP) is 4.74. The van der Waals surface area contributed by atoms with Gasteiger partial charge >= 0.3 is 12.1 Å². The van der Waals surface area contributed by atoms with E-state index < -0.39 is 34.2 Å². The van der Waals surface area contributed by atoms with Crippen LogP contribution < -0.4 is 10.1 Å². The summed E-state index contributed by atoms with van der Waals surface area (Å²) in [5, 5.41) is 13.4. The number of carbonyl (C=O) groups is 2. The Bertz CT molecular complexity index is 997. The van der Waals surface area contributed by atoms with Crippen LogP contribution in [0, 0.1) is 10.1 Å². The molecular formula is C19H16ClF3N2O6. The maximum Gasteiger partial charge on any atom is 0.416 e. The van der Waals surface area contributed by atoms with Gasteiger partial charge in [-0.25, -0.2) is 0 Å². The number of hydrogen-bond donors (Lipinski definition) is 1. The normalized spacial score (nSPS) is 11.0. The molecule has 12 heteroatoms. The quantitative estimate of drug-likeness (QED) is 0.264. The van der Waals surface area contributed by atoms with Crippen LogP contribution in [0.1, 0.15) is 29.3 Å². The zero-order chi connectivity index (χ0) is 23.2. The second-order valence-corrected chi connectivity index (χ2v) is 6.54. The van der Waals surface area contributed by atoms with E-state index in [1.165, 1.54) is 13.0 Å². The standard InChI is InChI=1S/C19H16ClF3N2O6/c1-11(26)30-8-2-7-24-18(27)14-10-13(4-5-16(14)25(28)29)31-17-6-3-12(9-15(17)20)19(21,22)23/h3-6,9-10H,2,7-8H2,1H3,(H,24,27). The van der Waals surface area contributed by atoms with Crippen LogP contribution >= 0.6 is 11.6 Å². The first-order chi connectivity index (χ1) is 14.5. The average Bonchev–Trinajstić information content (AvgIpc) is 2.67. The van der Waals surface area contributed by atoms with Crippen LogP contribution in [0.2, 0.25) is 5.02 Å². The molecule has 0 aliphatic heterocycles. The molecule has 31 heavy (non-hydrogen) atoms. The van der Waals surface area contributed by atoms with Gasteiger partial charge in [-0.2, -0.15) is 13.2 Å². The molecule has 0 saturated carbocycles. The Balaban J connectivity index is 2.18. The summed E-state index contributed by atoms with van der Waals surface area (Å²) in [5.74, 6) is -1.43. The van der Waals surface area contributed by atoms with E-state index in [4.69, 9.17) is 21.1 Å². The maximum atomic E-state index is 12.7. The molecule has 166 valence electrons. The van der Waals surface area contributed by atoms with E-state index in [1.54, 1.807) is 0 Å². The van der Waals surface area contributed by atoms with E-state index in [2.05, 4.69) is 5.32 Å². The van der Waals surface area contributed by atoms with Gasteiger partial charge in [0.15, 0.2) is 0 Å². The van der Waals surface area contributed by atoms with Crippen LogP contribution in [0.25, 0.3) is 0 Å². The number of esters is 1. The number of hydrogen-bond acceptors (Lipinski definition) is 6. The van der Waals surface area contributed by atoms with Crippen LogP contribution in [-0.4, -0.2) is 30.0 Å². The van der Waals surface area contributed by atoms with Crippen molar-refractivity contribution in [2.24, 2.45) is 0 Å². The van der Waals surface area contributed by atoms with Crippen LogP contribution in [0.3, 0.4) is 0 Å². The second-order valence-electron chi connectivity index (χ2n) is 6.13. The van der Waals surface area contributed by atoms with Crippen molar-refractivity contribution in [3.8, 4) is 11.5 Å². The number of alkyl halides is 3. The fourth-order valence-electron chi connectivity index (χ4n) is 2.39. The van der Waals surface area contributed by atoms with Crippen molar-refractivity contribution in [3.05, 3.63) is 62.7 Å². The highest BCUT2D eigenvalue weighted by molar-refractivity contribution is 6.32. The molecule has 2 aromatic rings. The third-order valence-corrected chi connectivity index (χ3v) is 4.10. The van der Waals surface area contributed by atoms with Crippen molar-refractivity contribution >= 4 is 29.2 Å². The third-order valence-electron chi connectivity index (χ3n) is 3.81. The fraction of sp³-hybridized carbons (Fsp3) is 0.263. The van der Waals surface area contributed by atoms with Gasteiger partial charge in [0.2, 0.25) is 0 Å². The summed E-state index contributed by atoms with van der Waals surface area (Å²) in [6.07, 6.45) is -4.30. The van der Waals surface area contributed by atoms with Crippen LogP contribution in [-0.2, 0) is 15.7 Å². The second kappa shape index (κ2) is 10.1. The number of carbonyl (C=O) groups excluding carboxylic acids is 2. The summed E-state index contributed by atoms with van der Waals surface area (Å²) in [6, 6.07) is 5.74. The lowest BCUT2D eigenvalue weighted by molar-refractivity contribution is -0.385. The Labute approximate surface area is 179 Å². The SMILES string of the molecule is CC(=O)OCCCNC(=O)c1cc(Oc2ccc(C(F)(F)F)cc2Cl)ccc1[N+](=O)[O-]. The average molecular weight is 461 g/mol. The summed E-state index contributed by atoms with van der Waals surface area (Å²) in [4.78, 5) is 33.5. The first-order valence-electron chi connectivity index (χ1n) is 8.73. The largest absolute Gasteiger partial charge is 0.466 e. The molecule has 0 bridgehead atoms. The van der Waals surface area contributed by atoms with Gasteiger partial charge in [0.05, 0.1) is 22.1 Å². The molecule has 0 heterocycles. The fourth-order valence-corrected chi connectivity index (χ4v) is 2.61. The molecule has 0 aliphatic rings. The molecule has 1 amide bonds. The lowest BCUT2D eigenvalue weighted by atomic mass is 10.1. The van der Waals surface area contributed by atoms with Gasteiger partial charge in [-0.3, -0.25) is 19.7 Å². The number of rotatable bonds is 8. The number of nitrogens with zero attached hydrogens (tertiary/aromatic N) is 1. The monoisotopic (exact) mass is 460 g/mol. The van der Waals surface area contributed by atoms with Crippen molar-refractivity contribution in [2.75, 3.05) is 13.2 Å². The Morgan fingerprint density at radius 2 is 1.90 bits per heavy atom. The first-order valence-corrected chi connectivity index (χ1v) is 9.11. The highest BCUT2D eigenvalue weighted by atomic mass is 35.5. The smallest absolute Gasteiger partial charge is 0.416 e. The zero-order valence-electron chi connectivity index (χ0n) is 16.0. The molecular weight excluding hydrogens is 445 g/mol. The van der Waals surface area contributed by atoms with Crippen LogP contribution in [0.5, 0.6) is 11.5 Å². The number of ether oxygens (including phenoxy) is 2. The molecule has 8 nitrogen and oxygen atoms in total. The van der Waals surface area contributed by atoms with Gasteiger partial charge in [0.1, 0.15) is 17.1 Å². The molecule has 0 unspecified atom stereocenters. The summed E-state index contributed by atoms with van der Waals surface area (Å²) in [6.45, 7) is 1.38. The molecule has 0 aliphatic carbocycles. The van der Waals surface area contributed by atoms with Crippen molar-refractivity contribution < 1.29 is 37.2 Å². The van der Waals surface area contributed by atoms with Crippen LogP contribution in [0.15, 0.2) is 36.4 Å². The third kappa shape index (κ3) is 6.85. The number of nitro groups is 1. The summed E-state index contributed by atoms with van der Waals surface area (Å²) < 4.78 is 48.4. The number of amides is 1. The molecule has 2 aromatic carbocycles. The molecule has 0 spiro atoms. The summed E-state index contributed by atoms with van der Waals surface area (Å²) in [7, 11) is 0. The van der Waals surface area contributed by atoms with E-state index in [1.807, 2.05) is 0 Å². The van der Waals surface area contributed by atoms with E-state index in [-0.39, 0.29) is 41.7 Å². The summed E-state index contributed by atoms with van der Waals surface area (Å²) in [5.41, 5.74) is -1.79. The number of halogens is 4. The molecule has 0 radical (unpaired) electrons. The predicted molar refractivity (Wildman–Crippen MR) is 103 cm³/mol. The lowest BCUT2D eigenvalue weighted by Gasteiger charge is -2.12. The molecule has 2 rings (SSSR count). The number of benzene rings is 2. The number of nitro benzene ring substituents is 1. The Morgan fingerprint density at radius 1 is 1.19 bits per heavy atom. The summed E-state index contributed by atoms with van der Waals surface area (Å²) >= 11 is 5.84. The molecule has 1 N–H and O–H groups in total. The lowest BCUT2D eigenvalue weighted by Crippen LogP contribution is -2.26. The zero-order valence-corrected chi connectivity index (χ0v) is 16.7. The van der Waals surface area contributed by atoms with Gasteiger partial charge in [0.25, 0.3) is 11.6 Å². The van der Waals surface area contributed by atoms with Crippen molar-refractivity contribution in [3.63, 3.8) is 0 Å². The van der Waals surface area contributed by atoms with E-state index >= 15 is 0 Å². The molecule has 0 atom stereocenters. The minimum atomic E-state index is -4.59. The maximum absolute atomic E-state index is 12.7. The topological polar surface area (TPSA) is 108 Å². The number of nitrogens with one attached hydrogen (secondary N) is 1. The van der Waals surface area contributed by atoms with Gasteiger partial charge < -0.3 is 14.8 Å².